The van der Waals surface area contributed by atoms with Gasteiger partial charge in [-0.25, -0.2) is 0 Å². The largest absolute Gasteiger partial charge is 0.370 e. The van der Waals surface area contributed by atoms with E-state index in [2.05, 4.69) is 32.1 Å². The maximum Gasteiger partial charge on any atom is 0.232 e. The van der Waals surface area contributed by atoms with E-state index >= 15 is 0 Å². The van der Waals surface area contributed by atoms with Crippen LogP contribution in [0.4, 0.5) is 17.6 Å². The van der Waals surface area contributed by atoms with Crippen LogP contribution in [-0.2, 0) is 4.79 Å². The summed E-state index contributed by atoms with van der Waals surface area (Å²) in [6.07, 6.45) is 3.48. The van der Waals surface area contributed by atoms with Gasteiger partial charge in [-0.1, -0.05) is 18.2 Å². The molecule has 3 rings (SSSR count). The van der Waals surface area contributed by atoms with E-state index in [4.69, 9.17) is 11.5 Å². The molecule has 1 aliphatic heterocycles. The quantitative estimate of drug-likeness (QED) is 0.684. The van der Waals surface area contributed by atoms with E-state index < -0.39 is 0 Å². The van der Waals surface area contributed by atoms with Crippen LogP contribution >= 0.6 is 0 Å². The average Bonchev–Trinajstić information content (AvgIpc) is 2.66. The van der Waals surface area contributed by atoms with Crippen LogP contribution in [0.5, 0.6) is 0 Å². The third-order valence-corrected chi connectivity index (χ3v) is 4.97. The molecule has 0 bridgehead atoms. The second-order valence-electron chi connectivity index (χ2n) is 7.05. The molecule has 1 saturated heterocycles. The van der Waals surface area contributed by atoms with Crippen LogP contribution in [0.1, 0.15) is 44.5 Å². The number of para-hydroxylation sites is 1. The minimum Gasteiger partial charge on any atom is -0.370 e. The molecule has 144 valence electrons. The van der Waals surface area contributed by atoms with Gasteiger partial charge in [0, 0.05) is 18.7 Å². The third-order valence-electron chi connectivity index (χ3n) is 4.97. The Hall–Kier alpha value is -2.74. The number of carbonyl (C=O) groups excluding carboxylic acids is 1. The van der Waals surface area contributed by atoms with E-state index in [1.807, 2.05) is 30.3 Å². The number of benzene rings is 1. The minimum atomic E-state index is -0.234. The van der Waals surface area contributed by atoms with Crippen molar-refractivity contribution in [3.05, 3.63) is 36.2 Å². The summed E-state index contributed by atoms with van der Waals surface area (Å²) < 4.78 is 0. The topological polar surface area (TPSA) is 123 Å². The number of nitrogens with two attached hydrogens (primary N) is 2. The summed E-state index contributed by atoms with van der Waals surface area (Å²) in [6, 6.07) is 9.73. The first kappa shape index (κ1) is 19.0. The second kappa shape index (κ2) is 8.77. The Morgan fingerprint density at radius 1 is 1.30 bits per heavy atom. The van der Waals surface area contributed by atoms with Gasteiger partial charge in [-0.2, -0.15) is 15.0 Å². The van der Waals surface area contributed by atoms with E-state index in [1.165, 1.54) is 0 Å². The highest BCUT2D eigenvalue weighted by molar-refractivity contribution is 5.73. The average molecular weight is 369 g/mol. The number of primary amides is 1. The molecule has 0 aliphatic carbocycles. The first-order chi connectivity index (χ1) is 13.0. The van der Waals surface area contributed by atoms with Gasteiger partial charge in [0.05, 0.1) is 6.04 Å². The zero-order chi connectivity index (χ0) is 19.2. The Morgan fingerprint density at radius 3 is 2.81 bits per heavy atom. The summed E-state index contributed by atoms with van der Waals surface area (Å²) in [5.74, 6) is 1.53. The Morgan fingerprint density at radius 2 is 2.07 bits per heavy atom. The van der Waals surface area contributed by atoms with Crippen molar-refractivity contribution >= 4 is 23.5 Å². The number of nitrogens with one attached hydrogen (secondary N) is 1. The predicted octanol–water partition coefficient (Wildman–Crippen LogP) is 2.24. The molecule has 2 atom stereocenters. The number of nitrogen functional groups attached to an aromatic ring is 1. The molecule has 2 unspecified atom stereocenters. The van der Waals surface area contributed by atoms with Gasteiger partial charge in [0.15, 0.2) is 5.82 Å². The lowest BCUT2D eigenvalue weighted by atomic mass is 9.92. The lowest BCUT2D eigenvalue weighted by Crippen LogP contribution is -2.38. The zero-order valence-electron chi connectivity index (χ0n) is 15.6. The molecule has 8 heteroatoms. The SMILES string of the molecule is CC(c1nc(N)nc(Nc2ccccc2)n1)N1CCCC(CCC(N)=O)C1. The third kappa shape index (κ3) is 5.37. The van der Waals surface area contributed by atoms with Crippen molar-refractivity contribution in [3.63, 3.8) is 0 Å². The highest BCUT2D eigenvalue weighted by atomic mass is 16.1. The fourth-order valence-corrected chi connectivity index (χ4v) is 3.50. The van der Waals surface area contributed by atoms with Crippen LogP contribution in [0.15, 0.2) is 30.3 Å². The molecule has 1 fully saturated rings. The molecule has 2 heterocycles. The van der Waals surface area contributed by atoms with Crippen molar-refractivity contribution in [1.82, 2.24) is 19.9 Å². The molecule has 5 N–H and O–H groups in total. The van der Waals surface area contributed by atoms with Crippen LogP contribution in [0, 0.1) is 5.92 Å². The van der Waals surface area contributed by atoms with Crippen LogP contribution in [-0.4, -0.2) is 38.8 Å². The predicted molar refractivity (Wildman–Crippen MR) is 105 cm³/mol. The molecule has 2 aromatic rings. The number of piperidine rings is 1. The Kier molecular flexibility index (Phi) is 6.18. The molecular formula is C19H27N7O. The molecule has 8 nitrogen and oxygen atoms in total. The van der Waals surface area contributed by atoms with Crippen LogP contribution < -0.4 is 16.8 Å². The molecule has 0 spiro atoms. The van der Waals surface area contributed by atoms with E-state index in [0.29, 0.717) is 24.1 Å². The van der Waals surface area contributed by atoms with E-state index in [0.717, 1.165) is 38.0 Å². The normalized spacial score (nSPS) is 18.8. The van der Waals surface area contributed by atoms with Gasteiger partial charge >= 0.3 is 0 Å². The highest BCUT2D eigenvalue weighted by Gasteiger charge is 2.26. The summed E-state index contributed by atoms with van der Waals surface area (Å²) in [5.41, 5.74) is 12.1. The van der Waals surface area contributed by atoms with Gasteiger partial charge in [0.25, 0.3) is 0 Å². The molecule has 1 aliphatic rings. The summed E-state index contributed by atoms with van der Waals surface area (Å²) in [6.45, 7) is 3.96. The smallest absolute Gasteiger partial charge is 0.232 e. The number of likely N-dealkylation sites (tertiary alicyclic amines) is 1. The minimum absolute atomic E-state index is 0.0167. The van der Waals surface area contributed by atoms with Gasteiger partial charge < -0.3 is 16.8 Å². The molecular weight excluding hydrogens is 342 g/mol. The number of amides is 1. The summed E-state index contributed by atoms with van der Waals surface area (Å²) in [5, 5.41) is 3.17. The fraction of sp³-hybridized carbons (Fsp3) is 0.474. The molecule has 1 aromatic carbocycles. The van der Waals surface area contributed by atoms with Gasteiger partial charge in [-0.3, -0.25) is 9.69 Å². The number of anilines is 3. The van der Waals surface area contributed by atoms with Crippen molar-refractivity contribution in [2.24, 2.45) is 11.7 Å². The summed E-state index contributed by atoms with van der Waals surface area (Å²) in [7, 11) is 0. The van der Waals surface area contributed by atoms with Crippen molar-refractivity contribution in [2.45, 2.75) is 38.6 Å². The van der Waals surface area contributed by atoms with Gasteiger partial charge in [0.2, 0.25) is 17.8 Å². The maximum absolute atomic E-state index is 11.1. The van der Waals surface area contributed by atoms with Gasteiger partial charge in [-0.05, 0) is 50.8 Å². The first-order valence-electron chi connectivity index (χ1n) is 9.37. The first-order valence-corrected chi connectivity index (χ1v) is 9.37. The number of hydrogen-bond donors (Lipinski definition) is 3. The Labute approximate surface area is 159 Å². The molecule has 1 amide bonds. The zero-order valence-corrected chi connectivity index (χ0v) is 15.6. The van der Waals surface area contributed by atoms with Gasteiger partial charge in [-0.15, -0.1) is 0 Å². The molecule has 0 radical (unpaired) electrons. The summed E-state index contributed by atoms with van der Waals surface area (Å²) in [4.78, 5) is 26.5. The second-order valence-corrected chi connectivity index (χ2v) is 7.05. The lowest BCUT2D eigenvalue weighted by molar-refractivity contribution is -0.118. The van der Waals surface area contributed by atoms with Crippen LogP contribution in [0.2, 0.25) is 0 Å². The number of rotatable bonds is 7. The number of hydrogen-bond acceptors (Lipinski definition) is 7. The monoisotopic (exact) mass is 369 g/mol. The summed E-state index contributed by atoms with van der Waals surface area (Å²) >= 11 is 0. The standard InChI is InChI=1S/C19H27N7O/c1-13(26-11-5-6-14(12-26)9-10-16(20)27)17-23-18(21)25-19(24-17)22-15-7-3-2-4-8-15/h2-4,7-8,13-14H,5-6,9-12H2,1H3,(H2,20,27)(H3,21,22,23,24,25). The number of aromatic nitrogens is 3. The Bertz CT molecular complexity index is 768. The van der Waals surface area contributed by atoms with E-state index in [1.54, 1.807) is 0 Å². The van der Waals surface area contributed by atoms with Crippen LogP contribution in [0.3, 0.4) is 0 Å². The maximum atomic E-state index is 11.1. The Balaban J connectivity index is 1.70. The lowest BCUT2D eigenvalue weighted by Gasteiger charge is -2.36. The van der Waals surface area contributed by atoms with Crippen molar-refractivity contribution in [2.75, 3.05) is 24.1 Å². The van der Waals surface area contributed by atoms with Crippen molar-refractivity contribution in [3.8, 4) is 0 Å². The number of carbonyl (C=O) groups is 1. The molecule has 27 heavy (non-hydrogen) atoms. The van der Waals surface area contributed by atoms with Gasteiger partial charge in [0.1, 0.15) is 0 Å². The highest BCUT2D eigenvalue weighted by Crippen LogP contribution is 2.28. The van der Waals surface area contributed by atoms with Crippen molar-refractivity contribution in [1.29, 1.82) is 0 Å². The fourth-order valence-electron chi connectivity index (χ4n) is 3.50. The van der Waals surface area contributed by atoms with E-state index in [-0.39, 0.29) is 17.9 Å². The molecule has 0 saturated carbocycles. The number of nitrogens with zero attached hydrogens (tertiary/aromatic N) is 4. The molecule has 1 aromatic heterocycles. The van der Waals surface area contributed by atoms with Crippen LogP contribution in [0.25, 0.3) is 0 Å². The van der Waals surface area contributed by atoms with Crippen molar-refractivity contribution < 1.29 is 4.79 Å². The van der Waals surface area contributed by atoms with E-state index in [9.17, 15) is 4.79 Å².